The zero-order valence-corrected chi connectivity index (χ0v) is 12.0. The lowest BCUT2D eigenvalue weighted by Gasteiger charge is -2.10. The Bertz CT molecular complexity index is 639. The van der Waals surface area contributed by atoms with Crippen LogP contribution in [0, 0.1) is 0 Å². The number of hydrogen-bond acceptors (Lipinski definition) is 2. The molecule has 0 aliphatic rings. The van der Waals surface area contributed by atoms with Gasteiger partial charge in [-0.05, 0) is 72.9 Å². The van der Waals surface area contributed by atoms with Crippen molar-refractivity contribution in [3.05, 3.63) is 59.7 Å². The summed E-state index contributed by atoms with van der Waals surface area (Å²) in [6.07, 6.45) is 1.30. The van der Waals surface area contributed by atoms with Crippen LogP contribution in [0.2, 0.25) is 0 Å². The molecule has 0 bridgehead atoms. The van der Waals surface area contributed by atoms with E-state index in [1.807, 2.05) is 26.0 Å². The van der Waals surface area contributed by atoms with Crippen molar-refractivity contribution in [2.24, 2.45) is 0 Å². The molecule has 2 aromatic rings. The first-order valence-corrected chi connectivity index (χ1v) is 6.63. The average Bonchev–Trinajstić information content (AvgIpc) is 2.31. The van der Waals surface area contributed by atoms with Crippen molar-refractivity contribution in [2.75, 3.05) is 0 Å². The van der Waals surface area contributed by atoms with Gasteiger partial charge in [0.05, 0.1) is 0 Å². The molecule has 2 heteroatoms. The predicted molar refractivity (Wildman–Crippen MR) is 84.3 cm³/mol. The molecule has 0 amide bonds. The first kappa shape index (κ1) is 14.2. The highest BCUT2D eigenvalue weighted by Gasteiger charge is 2.08. The van der Waals surface area contributed by atoms with Gasteiger partial charge in [0.1, 0.15) is 11.5 Å². The van der Waals surface area contributed by atoms with E-state index in [0.717, 1.165) is 33.0 Å². The van der Waals surface area contributed by atoms with Gasteiger partial charge in [0.2, 0.25) is 0 Å². The van der Waals surface area contributed by atoms with Crippen molar-refractivity contribution in [1.29, 1.82) is 0 Å². The van der Waals surface area contributed by atoms with Crippen LogP contribution >= 0.6 is 0 Å². The predicted octanol–water partition coefficient (Wildman–Crippen LogP) is 4.49. The van der Waals surface area contributed by atoms with Gasteiger partial charge in [0.15, 0.2) is 0 Å². The largest absolute Gasteiger partial charge is 0.508 e. The first-order valence-electron chi connectivity index (χ1n) is 6.63. The Morgan fingerprint density at radius 3 is 1.50 bits per heavy atom. The highest BCUT2D eigenvalue weighted by molar-refractivity contribution is 5.87. The third-order valence-electron chi connectivity index (χ3n) is 3.22. The Labute approximate surface area is 119 Å². The zero-order valence-electron chi connectivity index (χ0n) is 12.0. The topological polar surface area (TPSA) is 40.5 Å². The summed E-state index contributed by atoms with van der Waals surface area (Å²) in [7, 11) is 0. The summed E-state index contributed by atoms with van der Waals surface area (Å²) in [5.74, 6) is 0.486. The Kier molecular flexibility index (Phi) is 3.84. The molecule has 2 aromatic carbocycles. The number of phenols is 2. The molecule has 0 unspecified atom stereocenters. The Hall–Kier alpha value is -2.22. The van der Waals surface area contributed by atoms with Gasteiger partial charge in [-0.2, -0.15) is 0 Å². The number of allylic oxidation sites excluding steroid dienone is 2. The summed E-state index contributed by atoms with van der Waals surface area (Å²) < 4.78 is 0. The number of fused-ring (bicyclic) bond motifs is 1. The lowest BCUT2D eigenvalue weighted by Crippen LogP contribution is -1.91. The van der Waals surface area contributed by atoms with Gasteiger partial charge in [0.25, 0.3) is 0 Å². The summed E-state index contributed by atoms with van der Waals surface area (Å²) in [4.78, 5) is 0. The minimum Gasteiger partial charge on any atom is -0.508 e. The fraction of sp³-hybridized carbons (Fsp3) is 0.222. The smallest absolute Gasteiger partial charge is 0.119 e. The molecule has 2 rings (SSSR count). The van der Waals surface area contributed by atoms with Crippen LogP contribution in [0.15, 0.2) is 48.6 Å². The molecule has 0 saturated heterocycles. The van der Waals surface area contributed by atoms with Crippen molar-refractivity contribution in [2.45, 2.75) is 26.7 Å². The van der Waals surface area contributed by atoms with Crippen LogP contribution in [-0.2, 0) is 12.8 Å². The minimum atomic E-state index is 0.243. The molecular formula is C18H20O2. The lowest BCUT2D eigenvalue weighted by molar-refractivity contribution is 0.468. The lowest BCUT2D eigenvalue weighted by atomic mass is 9.97. The van der Waals surface area contributed by atoms with Gasteiger partial charge in [-0.25, -0.2) is 0 Å². The van der Waals surface area contributed by atoms with E-state index >= 15 is 0 Å². The molecule has 2 N–H and O–H groups in total. The standard InChI is InChI=1S/C18H20O2/c1-11(2)5-15-7-13-8-16(6-12(3)4)18(20)10-14(13)9-17(15)19/h7-10,19-20H,1,3,5-6H2,2,4H3. The van der Waals surface area contributed by atoms with Crippen LogP contribution in [0.4, 0.5) is 0 Å². The molecule has 0 radical (unpaired) electrons. The van der Waals surface area contributed by atoms with E-state index in [1.165, 1.54) is 0 Å². The van der Waals surface area contributed by atoms with Gasteiger partial charge in [-0.15, -0.1) is 0 Å². The van der Waals surface area contributed by atoms with Crippen molar-refractivity contribution >= 4 is 10.8 Å². The summed E-state index contributed by atoms with van der Waals surface area (Å²) >= 11 is 0. The average molecular weight is 268 g/mol. The second-order valence-electron chi connectivity index (χ2n) is 5.58. The third-order valence-corrected chi connectivity index (χ3v) is 3.22. The molecule has 0 aliphatic carbocycles. The second kappa shape index (κ2) is 5.41. The maximum absolute atomic E-state index is 10.0. The zero-order chi connectivity index (χ0) is 14.9. The van der Waals surface area contributed by atoms with Crippen LogP contribution < -0.4 is 0 Å². The molecule has 20 heavy (non-hydrogen) atoms. The maximum atomic E-state index is 10.0. The normalized spacial score (nSPS) is 10.7. The third kappa shape index (κ3) is 3.02. The molecule has 104 valence electrons. The first-order chi connectivity index (χ1) is 9.36. The summed E-state index contributed by atoms with van der Waals surface area (Å²) in [5.41, 5.74) is 3.72. The van der Waals surface area contributed by atoms with Crippen molar-refractivity contribution in [3.63, 3.8) is 0 Å². The number of rotatable bonds is 4. The van der Waals surface area contributed by atoms with E-state index < -0.39 is 0 Å². The fourth-order valence-electron chi connectivity index (χ4n) is 2.35. The van der Waals surface area contributed by atoms with E-state index in [1.54, 1.807) is 12.1 Å². The number of aromatic hydroxyl groups is 2. The van der Waals surface area contributed by atoms with Crippen LogP contribution in [0.25, 0.3) is 10.8 Å². The van der Waals surface area contributed by atoms with Crippen molar-refractivity contribution < 1.29 is 10.2 Å². The van der Waals surface area contributed by atoms with Crippen molar-refractivity contribution in [1.82, 2.24) is 0 Å². The van der Waals surface area contributed by atoms with Gasteiger partial charge >= 0.3 is 0 Å². The number of benzene rings is 2. The van der Waals surface area contributed by atoms with E-state index in [2.05, 4.69) is 13.2 Å². The fourth-order valence-corrected chi connectivity index (χ4v) is 2.35. The second-order valence-corrected chi connectivity index (χ2v) is 5.58. The molecule has 0 aliphatic heterocycles. The summed E-state index contributed by atoms with van der Waals surface area (Å²) in [5, 5.41) is 21.9. The van der Waals surface area contributed by atoms with Crippen LogP contribution in [0.5, 0.6) is 11.5 Å². The Balaban J connectivity index is 2.56. The molecule has 0 heterocycles. The quantitative estimate of drug-likeness (QED) is 0.802. The van der Waals surface area contributed by atoms with E-state index in [4.69, 9.17) is 0 Å². The van der Waals surface area contributed by atoms with E-state index in [9.17, 15) is 10.2 Å². The highest BCUT2D eigenvalue weighted by Crippen LogP contribution is 2.32. The summed E-state index contributed by atoms with van der Waals surface area (Å²) in [6.45, 7) is 11.6. The SMILES string of the molecule is C=C(C)Cc1cc2cc(CC(=C)C)c(O)cc2cc1O. The number of phenolic OH excluding ortho intramolecular Hbond substituents is 2. The van der Waals surface area contributed by atoms with Crippen LogP contribution in [-0.4, -0.2) is 10.2 Å². The monoisotopic (exact) mass is 268 g/mol. The molecule has 0 fully saturated rings. The van der Waals surface area contributed by atoms with Gasteiger partial charge < -0.3 is 10.2 Å². The number of hydrogen-bond donors (Lipinski definition) is 2. The van der Waals surface area contributed by atoms with Gasteiger partial charge in [-0.1, -0.05) is 24.3 Å². The highest BCUT2D eigenvalue weighted by atomic mass is 16.3. The van der Waals surface area contributed by atoms with Gasteiger partial charge in [-0.3, -0.25) is 0 Å². The summed E-state index contributed by atoms with van der Waals surface area (Å²) in [6, 6.07) is 7.30. The molecule has 0 atom stereocenters. The van der Waals surface area contributed by atoms with Crippen LogP contribution in [0.3, 0.4) is 0 Å². The molecule has 0 saturated carbocycles. The van der Waals surface area contributed by atoms with Crippen LogP contribution in [0.1, 0.15) is 25.0 Å². The van der Waals surface area contributed by atoms with Crippen molar-refractivity contribution in [3.8, 4) is 11.5 Å². The molecular weight excluding hydrogens is 248 g/mol. The van der Waals surface area contributed by atoms with E-state index in [-0.39, 0.29) is 11.5 Å². The Morgan fingerprint density at radius 1 is 0.800 bits per heavy atom. The van der Waals surface area contributed by atoms with Gasteiger partial charge in [0, 0.05) is 0 Å². The molecule has 0 spiro atoms. The van der Waals surface area contributed by atoms with E-state index in [0.29, 0.717) is 12.8 Å². The maximum Gasteiger partial charge on any atom is 0.119 e. The molecule has 2 nitrogen and oxygen atoms in total. The minimum absolute atomic E-state index is 0.243. The molecule has 0 aromatic heterocycles. The Morgan fingerprint density at radius 2 is 1.15 bits per heavy atom.